The molecule has 56 heavy (non-hydrogen) atoms. The highest BCUT2D eigenvalue weighted by molar-refractivity contribution is 6.17. The quantitative estimate of drug-likeness (QED) is 0.0734. The number of fused-ring (bicyclic) bond motifs is 8. The van der Waals surface area contributed by atoms with E-state index in [1.54, 1.807) is 6.07 Å². The summed E-state index contributed by atoms with van der Waals surface area (Å²) in [5.41, 5.74) is 12.0. The van der Waals surface area contributed by atoms with E-state index in [9.17, 15) is 19.8 Å². The van der Waals surface area contributed by atoms with Gasteiger partial charge in [-0.3, -0.25) is 0 Å². The average molecular weight is 729 g/mol. The Bertz CT molecular complexity index is 2930. The maximum Gasteiger partial charge on any atom is 0.343 e. The molecule has 268 valence electrons. The van der Waals surface area contributed by atoms with Gasteiger partial charge in [0.1, 0.15) is 5.57 Å². The van der Waals surface area contributed by atoms with Crippen LogP contribution in [0.2, 0.25) is 0 Å². The highest BCUT2D eigenvalue weighted by Gasteiger charge is 2.22. The lowest BCUT2D eigenvalue weighted by molar-refractivity contribution is -0.140. The summed E-state index contributed by atoms with van der Waals surface area (Å²) in [4.78, 5) is 42.6. The zero-order valence-corrected chi connectivity index (χ0v) is 29.8. The Labute approximate surface area is 321 Å². The van der Waals surface area contributed by atoms with Crippen LogP contribution in [-0.4, -0.2) is 42.1 Å². The normalized spacial score (nSPS) is 11.7. The van der Waals surface area contributed by atoms with E-state index in [4.69, 9.17) is 9.97 Å². The number of aromatic nitrogens is 4. The molecule has 0 spiro atoms. The number of carboxylic acid groups (broad SMARTS) is 2. The molecular weight excluding hydrogens is 697 g/mol. The summed E-state index contributed by atoms with van der Waals surface area (Å²) in [6, 6.07) is 45.6. The molecule has 0 saturated heterocycles. The van der Waals surface area contributed by atoms with Crippen molar-refractivity contribution in [2.24, 2.45) is 0 Å². The van der Waals surface area contributed by atoms with Crippen LogP contribution in [0.25, 0.3) is 97.0 Å². The SMILES string of the molecule is O=C(O)C(=Cc1cc2[nH]c1c(-c1ccccc1)c1nc(c(-c3ccccc3)c3ccc([nH]3)c(-c3ccccc3)c3nc(c2-c2ccccc2)C=C3)C=C1)C(=O)O. The number of hydrogen-bond donors (Lipinski definition) is 4. The van der Waals surface area contributed by atoms with Crippen LogP contribution < -0.4 is 0 Å². The number of benzene rings is 4. The molecule has 0 amide bonds. The third-order valence-corrected chi connectivity index (χ3v) is 9.91. The number of carboxylic acids is 2. The van der Waals surface area contributed by atoms with Gasteiger partial charge in [0, 0.05) is 44.4 Å². The van der Waals surface area contributed by atoms with Crippen molar-refractivity contribution >= 4 is 64.4 Å². The van der Waals surface area contributed by atoms with Gasteiger partial charge in [-0.05, 0) is 70.8 Å². The molecule has 0 fully saturated rings. The number of aromatic amines is 2. The van der Waals surface area contributed by atoms with Crippen LogP contribution in [0.5, 0.6) is 0 Å². The van der Waals surface area contributed by atoms with Crippen molar-refractivity contribution in [2.45, 2.75) is 0 Å². The van der Waals surface area contributed by atoms with E-state index < -0.39 is 17.5 Å². The lowest BCUT2D eigenvalue weighted by atomic mass is 10.0. The maximum absolute atomic E-state index is 12.3. The predicted octanol–water partition coefficient (Wildman–Crippen LogP) is 10.9. The highest BCUT2D eigenvalue weighted by atomic mass is 16.4. The Morgan fingerprint density at radius 2 is 0.804 bits per heavy atom. The van der Waals surface area contributed by atoms with Crippen molar-refractivity contribution in [3.63, 3.8) is 0 Å². The van der Waals surface area contributed by atoms with Crippen LogP contribution in [-0.2, 0) is 9.59 Å². The van der Waals surface area contributed by atoms with Crippen LogP contribution >= 0.6 is 0 Å². The number of carbonyl (C=O) groups is 2. The summed E-state index contributed by atoms with van der Waals surface area (Å²) in [6.45, 7) is 0. The van der Waals surface area contributed by atoms with E-state index >= 15 is 0 Å². The Morgan fingerprint density at radius 1 is 0.446 bits per heavy atom. The first-order valence-electron chi connectivity index (χ1n) is 18.0. The standard InChI is InChI=1S/C48H32N4O4/c53-47(54)34(48(55)56)27-33-28-41-44(31-17-9-3-10-18-31)39-24-23-37(50-39)42(29-13-5-1-6-14-29)35-21-22-36(49-35)43(30-15-7-2-8-16-30)38-25-26-40(51-38)45(46(33)52-41)32-19-11-4-12-20-32/h1-28,49,52H,(H,53,54)(H,55,56). The number of nitrogens with zero attached hydrogens (tertiary/aromatic N) is 2. The monoisotopic (exact) mass is 728 g/mol. The lowest BCUT2D eigenvalue weighted by Gasteiger charge is -2.07. The topological polar surface area (TPSA) is 132 Å². The fraction of sp³-hybridized carbons (Fsp3) is 0. The minimum absolute atomic E-state index is 0.366. The largest absolute Gasteiger partial charge is 0.477 e. The van der Waals surface area contributed by atoms with Crippen molar-refractivity contribution in [3.05, 3.63) is 173 Å². The number of nitrogens with one attached hydrogen (secondary N) is 2. The number of aliphatic carboxylic acids is 2. The molecule has 4 N–H and O–H groups in total. The van der Waals surface area contributed by atoms with Gasteiger partial charge in [0.2, 0.25) is 0 Å². The summed E-state index contributed by atoms with van der Waals surface area (Å²) in [5.74, 6) is -3.10. The second kappa shape index (κ2) is 14.2. The smallest absolute Gasteiger partial charge is 0.343 e. The fourth-order valence-corrected chi connectivity index (χ4v) is 7.43. The van der Waals surface area contributed by atoms with Crippen LogP contribution in [0, 0.1) is 0 Å². The van der Waals surface area contributed by atoms with Gasteiger partial charge in [-0.25, -0.2) is 19.6 Å². The molecule has 8 heteroatoms. The maximum atomic E-state index is 12.3. The molecule has 0 atom stereocenters. The van der Waals surface area contributed by atoms with Gasteiger partial charge < -0.3 is 20.2 Å². The van der Waals surface area contributed by atoms with Crippen molar-refractivity contribution in [2.75, 3.05) is 0 Å². The number of H-pyrrole nitrogens is 2. The molecule has 0 unspecified atom stereocenters. The van der Waals surface area contributed by atoms with Crippen molar-refractivity contribution < 1.29 is 19.8 Å². The molecule has 8 bridgehead atoms. The molecule has 7 aromatic rings. The third-order valence-electron chi connectivity index (χ3n) is 9.91. The van der Waals surface area contributed by atoms with E-state index in [1.807, 2.05) is 121 Å². The molecule has 4 aromatic carbocycles. The second-order valence-corrected chi connectivity index (χ2v) is 13.4. The van der Waals surface area contributed by atoms with Gasteiger partial charge in [0.05, 0.1) is 28.3 Å². The molecule has 0 aliphatic carbocycles. The average Bonchev–Trinajstić information content (AvgIpc) is 4.06. The molecule has 8 nitrogen and oxygen atoms in total. The van der Waals surface area contributed by atoms with Crippen LogP contribution in [0.15, 0.2) is 145 Å². The minimum Gasteiger partial charge on any atom is -0.477 e. The second-order valence-electron chi connectivity index (χ2n) is 13.4. The highest BCUT2D eigenvalue weighted by Crippen LogP contribution is 2.39. The molecule has 5 heterocycles. The molecule has 2 aliphatic heterocycles. The van der Waals surface area contributed by atoms with Crippen molar-refractivity contribution in [1.82, 2.24) is 19.9 Å². The molecule has 3 aromatic heterocycles. The molecule has 0 saturated carbocycles. The molecule has 2 aliphatic rings. The number of rotatable bonds is 7. The van der Waals surface area contributed by atoms with E-state index in [2.05, 4.69) is 46.4 Å². The first-order chi connectivity index (χ1) is 27.4. The summed E-state index contributed by atoms with van der Waals surface area (Å²) in [6.07, 6.45) is 9.11. The first-order valence-corrected chi connectivity index (χ1v) is 18.0. The summed E-state index contributed by atoms with van der Waals surface area (Å²) < 4.78 is 0. The van der Waals surface area contributed by atoms with Gasteiger partial charge in [-0.2, -0.15) is 0 Å². The Kier molecular flexibility index (Phi) is 8.60. The van der Waals surface area contributed by atoms with Gasteiger partial charge in [-0.1, -0.05) is 121 Å². The zero-order chi connectivity index (χ0) is 38.2. The Morgan fingerprint density at radius 3 is 1.20 bits per heavy atom. The van der Waals surface area contributed by atoms with Crippen molar-refractivity contribution in [3.8, 4) is 44.5 Å². The first kappa shape index (κ1) is 34.0. The lowest BCUT2D eigenvalue weighted by Crippen LogP contribution is -2.10. The fourth-order valence-electron chi connectivity index (χ4n) is 7.43. The summed E-state index contributed by atoms with van der Waals surface area (Å²) in [5, 5.41) is 20.1. The van der Waals surface area contributed by atoms with Crippen LogP contribution in [0.4, 0.5) is 0 Å². The van der Waals surface area contributed by atoms with Gasteiger partial charge >= 0.3 is 11.9 Å². The van der Waals surface area contributed by atoms with E-state index in [-0.39, 0.29) is 0 Å². The molecule has 0 radical (unpaired) electrons. The predicted molar refractivity (Wildman–Crippen MR) is 224 cm³/mol. The summed E-state index contributed by atoms with van der Waals surface area (Å²) in [7, 11) is 0. The third kappa shape index (κ3) is 6.21. The summed E-state index contributed by atoms with van der Waals surface area (Å²) >= 11 is 0. The Balaban J connectivity index is 1.54. The van der Waals surface area contributed by atoms with E-state index in [1.165, 1.54) is 6.08 Å². The minimum atomic E-state index is -1.55. The van der Waals surface area contributed by atoms with E-state index in [0.29, 0.717) is 39.2 Å². The molecule has 9 rings (SSSR count). The zero-order valence-electron chi connectivity index (χ0n) is 29.8. The van der Waals surface area contributed by atoms with Gasteiger partial charge in [0.25, 0.3) is 0 Å². The molecular formula is C48H32N4O4. The van der Waals surface area contributed by atoms with E-state index in [0.717, 1.165) is 55.7 Å². The van der Waals surface area contributed by atoms with Crippen LogP contribution in [0.1, 0.15) is 28.3 Å². The Hall–Kier alpha value is -7.84. The van der Waals surface area contributed by atoms with Gasteiger partial charge in [-0.15, -0.1) is 0 Å². The van der Waals surface area contributed by atoms with Crippen LogP contribution in [0.3, 0.4) is 0 Å². The van der Waals surface area contributed by atoms with Crippen molar-refractivity contribution in [1.29, 1.82) is 0 Å². The van der Waals surface area contributed by atoms with Gasteiger partial charge in [0.15, 0.2) is 0 Å². The number of hydrogen-bond acceptors (Lipinski definition) is 4.